The standard InChI is InChI=1S/C14H27N3/c1-4-7-12(8-5-2)13(15)11-14-16-9-10-17(14)6-3/h9-10,12-13H,4-8,11,15H2,1-3H3. The number of nitrogens with two attached hydrogens (primary N) is 1. The van der Waals surface area contributed by atoms with E-state index >= 15 is 0 Å². The minimum Gasteiger partial charge on any atom is -0.335 e. The highest BCUT2D eigenvalue weighted by molar-refractivity contribution is 4.96. The molecule has 1 atom stereocenters. The van der Waals surface area contributed by atoms with Gasteiger partial charge < -0.3 is 10.3 Å². The van der Waals surface area contributed by atoms with E-state index in [1.54, 1.807) is 0 Å². The summed E-state index contributed by atoms with van der Waals surface area (Å²) in [5, 5.41) is 0. The second kappa shape index (κ2) is 7.49. The summed E-state index contributed by atoms with van der Waals surface area (Å²) >= 11 is 0. The molecule has 17 heavy (non-hydrogen) atoms. The molecule has 1 unspecified atom stereocenters. The monoisotopic (exact) mass is 237 g/mol. The largest absolute Gasteiger partial charge is 0.335 e. The molecule has 98 valence electrons. The average Bonchev–Trinajstić information content (AvgIpc) is 2.76. The summed E-state index contributed by atoms with van der Waals surface area (Å²) in [5.74, 6) is 1.78. The highest BCUT2D eigenvalue weighted by atomic mass is 15.1. The number of hydrogen-bond donors (Lipinski definition) is 1. The summed E-state index contributed by atoms with van der Waals surface area (Å²) in [4.78, 5) is 4.41. The Hall–Kier alpha value is -0.830. The van der Waals surface area contributed by atoms with E-state index in [0.29, 0.717) is 5.92 Å². The van der Waals surface area contributed by atoms with Crippen LogP contribution >= 0.6 is 0 Å². The predicted octanol–water partition coefficient (Wildman–Crippen LogP) is 2.99. The topological polar surface area (TPSA) is 43.8 Å². The average molecular weight is 237 g/mol. The summed E-state index contributed by atoms with van der Waals surface area (Å²) in [6, 6.07) is 0.252. The van der Waals surface area contributed by atoms with Crippen LogP contribution in [0.25, 0.3) is 0 Å². The molecule has 0 fully saturated rings. The fourth-order valence-corrected chi connectivity index (χ4v) is 2.51. The van der Waals surface area contributed by atoms with Gasteiger partial charge in [0, 0.05) is 31.4 Å². The first kappa shape index (κ1) is 14.2. The van der Waals surface area contributed by atoms with Crippen molar-refractivity contribution in [3.05, 3.63) is 18.2 Å². The van der Waals surface area contributed by atoms with E-state index < -0.39 is 0 Å². The third-order valence-corrected chi connectivity index (χ3v) is 3.49. The van der Waals surface area contributed by atoms with Crippen molar-refractivity contribution in [2.45, 2.75) is 65.5 Å². The zero-order chi connectivity index (χ0) is 12.7. The van der Waals surface area contributed by atoms with Gasteiger partial charge in [0.1, 0.15) is 5.82 Å². The molecule has 0 saturated carbocycles. The van der Waals surface area contributed by atoms with Gasteiger partial charge in [0.25, 0.3) is 0 Å². The van der Waals surface area contributed by atoms with E-state index in [2.05, 4.69) is 30.3 Å². The van der Waals surface area contributed by atoms with Crippen molar-refractivity contribution in [1.29, 1.82) is 0 Å². The molecule has 0 spiro atoms. The van der Waals surface area contributed by atoms with Gasteiger partial charge in [-0.3, -0.25) is 0 Å². The summed E-state index contributed by atoms with van der Waals surface area (Å²) in [5.41, 5.74) is 6.35. The molecule has 2 N–H and O–H groups in total. The van der Waals surface area contributed by atoms with E-state index in [1.807, 2.05) is 12.4 Å². The Morgan fingerprint density at radius 1 is 1.24 bits per heavy atom. The summed E-state index contributed by atoms with van der Waals surface area (Å²) in [6.45, 7) is 7.60. The van der Waals surface area contributed by atoms with Gasteiger partial charge in [0.2, 0.25) is 0 Å². The number of aryl methyl sites for hydroxylation is 1. The third kappa shape index (κ3) is 4.15. The third-order valence-electron chi connectivity index (χ3n) is 3.49. The molecule has 0 bridgehead atoms. The van der Waals surface area contributed by atoms with Gasteiger partial charge in [-0.05, 0) is 25.7 Å². The lowest BCUT2D eigenvalue weighted by Gasteiger charge is -2.23. The van der Waals surface area contributed by atoms with E-state index in [0.717, 1.165) is 18.8 Å². The number of aromatic nitrogens is 2. The maximum absolute atomic E-state index is 6.35. The maximum Gasteiger partial charge on any atom is 0.110 e. The minimum atomic E-state index is 0.252. The van der Waals surface area contributed by atoms with E-state index in [-0.39, 0.29) is 6.04 Å². The van der Waals surface area contributed by atoms with Crippen LogP contribution in [0.3, 0.4) is 0 Å². The van der Waals surface area contributed by atoms with Gasteiger partial charge in [-0.25, -0.2) is 4.98 Å². The van der Waals surface area contributed by atoms with Gasteiger partial charge in [0.05, 0.1) is 0 Å². The van der Waals surface area contributed by atoms with Gasteiger partial charge in [-0.15, -0.1) is 0 Å². The van der Waals surface area contributed by atoms with E-state index in [9.17, 15) is 0 Å². The molecule has 0 radical (unpaired) electrons. The molecule has 0 saturated heterocycles. The molecule has 0 aliphatic carbocycles. The van der Waals surface area contributed by atoms with Crippen molar-refractivity contribution in [1.82, 2.24) is 9.55 Å². The lowest BCUT2D eigenvalue weighted by molar-refractivity contribution is 0.353. The fourth-order valence-electron chi connectivity index (χ4n) is 2.51. The normalized spacial score (nSPS) is 13.2. The van der Waals surface area contributed by atoms with Crippen molar-refractivity contribution in [3.8, 4) is 0 Å². The lowest BCUT2D eigenvalue weighted by Crippen LogP contribution is -2.33. The summed E-state index contributed by atoms with van der Waals surface area (Å²) < 4.78 is 2.19. The van der Waals surface area contributed by atoms with Gasteiger partial charge in [0.15, 0.2) is 0 Å². The molecule has 0 amide bonds. The highest BCUT2D eigenvalue weighted by Crippen LogP contribution is 2.19. The number of rotatable bonds is 8. The Balaban J connectivity index is 2.59. The quantitative estimate of drug-likeness (QED) is 0.755. The summed E-state index contributed by atoms with van der Waals surface area (Å²) in [6.07, 6.45) is 9.74. The van der Waals surface area contributed by atoms with Crippen molar-refractivity contribution >= 4 is 0 Å². The van der Waals surface area contributed by atoms with Crippen molar-refractivity contribution in [3.63, 3.8) is 0 Å². The Kier molecular flexibility index (Phi) is 6.27. The SMILES string of the molecule is CCCC(CCC)C(N)Cc1nccn1CC. The Morgan fingerprint density at radius 2 is 1.88 bits per heavy atom. The Bertz CT molecular complexity index is 300. The van der Waals surface area contributed by atoms with Crippen molar-refractivity contribution < 1.29 is 0 Å². The van der Waals surface area contributed by atoms with Crippen LogP contribution < -0.4 is 5.73 Å². The lowest BCUT2D eigenvalue weighted by atomic mass is 9.89. The van der Waals surface area contributed by atoms with Crippen LogP contribution in [0, 0.1) is 5.92 Å². The van der Waals surface area contributed by atoms with Gasteiger partial charge in [-0.2, -0.15) is 0 Å². The molecule has 3 heteroatoms. The molecule has 3 nitrogen and oxygen atoms in total. The molecular weight excluding hydrogens is 210 g/mol. The van der Waals surface area contributed by atoms with Crippen molar-refractivity contribution in [2.24, 2.45) is 11.7 Å². The smallest absolute Gasteiger partial charge is 0.110 e. The first-order chi connectivity index (χ1) is 8.22. The molecule has 1 heterocycles. The first-order valence-corrected chi connectivity index (χ1v) is 6.98. The minimum absolute atomic E-state index is 0.252. The Labute approximate surface area is 105 Å². The molecule has 1 aromatic heterocycles. The molecule has 0 aromatic carbocycles. The zero-order valence-electron chi connectivity index (χ0n) is 11.5. The van der Waals surface area contributed by atoms with Crippen LogP contribution in [0.5, 0.6) is 0 Å². The molecule has 0 aliphatic heterocycles. The van der Waals surface area contributed by atoms with Crippen molar-refractivity contribution in [2.75, 3.05) is 0 Å². The van der Waals surface area contributed by atoms with Gasteiger partial charge >= 0.3 is 0 Å². The molecular formula is C14H27N3. The predicted molar refractivity (Wildman–Crippen MR) is 72.9 cm³/mol. The van der Waals surface area contributed by atoms with Gasteiger partial charge in [-0.1, -0.05) is 26.7 Å². The first-order valence-electron chi connectivity index (χ1n) is 6.98. The van der Waals surface area contributed by atoms with Crippen LogP contribution in [0.1, 0.15) is 52.3 Å². The second-order valence-electron chi connectivity index (χ2n) is 4.83. The second-order valence-corrected chi connectivity index (χ2v) is 4.83. The molecule has 1 rings (SSSR count). The van der Waals surface area contributed by atoms with Crippen LogP contribution in [0.2, 0.25) is 0 Å². The number of imidazole rings is 1. The number of hydrogen-bond acceptors (Lipinski definition) is 2. The molecule has 1 aromatic rings. The zero-order valence-corrected chi connectivity index (χ0v) is 11.5. The maximum atomic E-state index is 6.35. The van der Waals surface area contributed by atoms with Crippen LogP contribution in [-0.2, 0) is 13.0 Å². The van der Waals surface area contributed by atoms with Crippen LogP contribution in [0.4, 0.5) is 0 Å². The number of nitrogens with zero attached hydrogens (tertiary/aromatic N) is 2. The van der Waals surface area contributed by atoms with Crippen LogP contribution in [0.15, 0.2) is 12.4 Å². The highest BCUT2D eigenvalue weighted by Gasteiger charge is 2.18. The molecule has 0 aliphatic rings. The fraction of sp³-hybridized carbons (Fsp3) is 0.786. The summed E-state index contributed by atoms with van der Waals surface area (Å²) in [7, 11) is 0. The van der Waals surface area contributed by atoms with Crippen LogP contribution in [-0.4, -0.2) is 15.6 Å². The van der Waals surface area contributed by atoms with E-state index in [1.165, 1.54) is 25.7 Å². The Morgan fingerprint density at radius 3 is 2.41 bits per heavy atom. The van der Waals surface area contributed by atoms with E-state index in [4.69, 9.17) is 5.73 Å².